The molecule has 0 aliphatic heterocycles. The molecule has 0 unspecified atom stereocenters. The van der Waals surface area contributed by atoms with Crippen LogP contribution in [0.4, 0.5) is 0 Å². The van der Waals surface area contributed by atoms with Gasteiger partial charge in [-0.25, -0.2) is 0 Å². The third-order valence-electron chi connectivity index (χ3n) is 1.87. The van der Waals surface area contributed by atoms with Gasteiger partial charge in [0.25, 0.3) is 23.9 Å². The van der Waals surface area contributed by atoms with Crippen LogP contribution in [0.5, 0.6) is 0 Å². The molecule has 152 valence electrons. The lowest BCUT2D eigenvalue weighted by Crippen LogP contribution is -2.43. The number of hydrogen-bond donors (Lipinski definition) is 6. The lowest BCUT2D eigenvalue weighted by molar-refractivity contribution is -0.135. The van der Waals surface area contributed by atoms with Crippen LogP contribution in [0.15, 0.2) is 0 Å². The van der Waals surface area contributed by atoms with Gasteiger partial charge >= 0.3 is 0 Å². The third-order valence-corrected chi connectivity index (χ3v) is 1.87. The fourth-order valence-electron chi connectivity index (χ4n) is 1.19. The molecule has 11 heteroatoms. The Morgan fingerprint density at radius 3 is 0.840 bits per heavy atom. The molecule has 0 bridgehead atoms. The predicted octanol–water partition coefficient (Wildman–Crippen LogP) is -0.246. The van der Waals surface area contributed by atoms with Gasteiger partial charge in [0.05, 0.1) is 0 Å². The van der Waals surface area contributed by atoms with Gasteiger partial charge in [-0.15, -0.1) is 0 Å². The highest BCUT2D eigenvalue weighted by Crippen LogP contribution is 2.14. The van der Waals surface area contributed by atoms with Gasteiger partial charge in [-0.3, -0.25) is 19.2 Å². The summed E-state index contributed by atoms with van der Waals surface area (Å²) in [6, 6.07) is 0.562. The summed E-state index contributed by atoms with van der Waals surface area (Å²) in [4.78, 5) is 36.0. The maximum absolute atomic E-state index is 9.00. The minimum Gasteiger partial charge on any atom is -0.481 e. The highest BCUT2D eigenvalue weighted by Gasteiger charge is 2.16. The molecule has 0 saturated heterocycles. The molecule has 0 radical (unpaired) electrons. The van der Waals surface area contributed by atoms with E-state index in [0.29, 0.717) is 0 Å². The van der Waals surface area contributed by atoms with Crippen molar-refractivity contribution in [3.63, 3.8) is 0 Å². The van der Waals surface area contributed by atoms with Gasteiger partial charge < -0.3 is 37.4 Å². The molecular weight excluding hydrogens is 340 g/mol. The zero-order valence-corrected chi connectivity index (χ0v) is 15.1. The van der Waals surface area contributed by atoms with E-state index in [-0.39, 0.29) is 17.6 Å². The molecule has 1 saturated carbocycles. The van der Waals surface area contributed by atoms with E-state index in [9.17, 15) is 0 Å². The Labute approximate surface area is 146 Å². The first-order chi connectivity index (χ1) is 10.7. The lowest BCUT2D eigenvalue weighted by atomic mass is 9.92. The number of rotatable bonds is 0. The first-order valence-electron chi connectivity index (χ1n) is 7.03. The van der Waals surface area contributed by atoms with Crippen LogP contribution >= 0.6 is 0 Å². The zero-order valence-electron chi connectivity index (χ0n) is 15.1. The van der Waals surface area contributed by atoms with Crippen molar-refractivity contribution in [3.05, 3.63) is 0 Å². The van der Waals surface area contributed by atoms with E-state index in [1.165, 1.54) is 12.8 Å². The summed E-state index contributed by atoms with van der Waals surface area (Å²) in [7, 11) is 0. The van der Waals surface area contributed by atoms with Gasteiger partial charge in [-0.05, 0) is 12.8 Å². The van der Waals surface area contributed by atoms with Crippen molar-refractivity contribution in [1.82, 2.24) is 0 Å². The van der Waals surface area contributed by atoms with Crippen LogP contribution < -0.4 is 11.5 Å². The van der Waals surface area contributed by atoms with Crippen molar-refractivity contribution in [2.24, 2.45) is 11.5 Å². The van der Waals surface area contributed by atoms with Gasteiger partial charge in [-0.2, -0.15) is 0 Å². The molecule has 0 heterocycles. The Bertz CT molecular complexity index is 288. The molecule has 0 aromatic rings. The van der Waals surface area contributed by atoms with Gasteiger partial charge in [0.1, 0.15) is 0 Å². The second-order valence-electron chi connectivity index (χ2n) is 4.69. The van der Waals surface area contributed by atoms with E-state index in [2.05, 4.69) is 0 Å². The maximum atomic E-state index is 9.00. The first-order valence-corrected chi connectivity index (χ1v) is 7.03. The number of carboxylic acid groups (broad SMARTS) is 4. The first kappa shape index (κ1) is 34.2. The quantitative estimate of drug-likeness (QED) is 0.326. The largest absolute Gasteiger partial charge is 0.481 e. The summed E-state index contributed by atoms with van der Waals surface area (Å²) in [5, 5.41) is 29.7. The number of aliphatic carboxylic acids is 4. The molecule has 1 rings (SSSR count). The molecular formula is C14H32N2O9. The van der Waals surface area contributed by atoms with E-state index in [1.54, 1.807) is 0 Å². The maximum Gasteiger partial charge on any atom is 0.300 e. The average molecular weight is 372 g/mol. The summed E-state index contributed by atoms with van der Waals surface area (Å²) >= 11 is 0. The molecule has 0 aromatic heterocycles. The van der Waals surface area contributed by atoms with Gasteiger partial charge in [0.15, 0.2) is 0 Å². The molecule has 1 aliphatic rings. The standard InChI is InChI=1S/C6H14N2.4C2H4O2.H2O/c7-5-3-1-2-4-6(5)8;4*1-2(3)4;/h5-6H,1-4,7-8H2;4*1H3,(H,3,4);1H2/t5-,6-;;;;;/m1...../s1. The normalized spacial score (nSPS) is 16.7. The van der Waals surface area contributed by atoms with E-state index in [4.69, 9.17) is 51.1 Å². The highest BCUT2D eigenvalue weighted by atomic mass is 16.4. The number of carboxylic acids is 4. The van der Waals surface area contributed by atoms with Crippen LogP contribution in [-0.4, -0.2) is 61.9 Å². The molecule has 11 nitrogen and oxygen atoms in total. The molecule has 1 fully saturated rings. The highest BCUT2D eigenvalue weighted by molar-refractivity contribution is 5.63. The molecule has 2 atom stereocenters. The second-order valence-corrected chi connectivity index (χ2v) is 4.69. The summed E-state index contributed by atoms with van der Waals surface area (Å²) in [6.07, 6.45) is 4.80. The Balaban J connectivity index is -0.0000000695. The Morgan fingerprint density at radius 1 is 0.640 bits per heavy atom. The van der Waals surface area contributed by atoms with Crippen LogP contribution in [-0.2, 0) is 19.2 Å². The van der Waals surface area contributed by atoms with Crippen molar-refractivity contribution in [2.75, 3.05) is 0 Å². The van der Waals surface area contributed by atoms with Crippen LogP contribution in [0.2, 0.25) is 0 Å². The van der Waals surface area contributed by atoms with Crippen molar-refractivity contribution in [3.8, 4) is 0 Å². The topological polar surface area (TPSA) is 233 Å². The zero-order chi connectivity index (χ0) is 20.3. The fourth-order valence-corrected chi connectivity index (χ4v) is 1.19. The van der Waals surface area contributed by atoms with Crippen LogP contribution in [0.25, 0.3) is 0 Å². The summed E-state index contributed by atoms with van der Waals surface area (Å²) < 4.78 is 0. The number of hydrogen-bond acceptors (Lipinski definition) is 6. The van der Waals surface area contributed by atoms with Crippen molar-refractivity contribution in [1.29, 1.82) is 0 Å². The Morgan fingerprint density at radius 2 is 0.760 bits per heavy atom. The van der Waals surface area contributed by atoms with Crippen molar-refractivity contribution < 1.29 is 45.1 Å². The van der Waals surface area contributed by atoms with Crippen LogP contribution in [0, 0.1) is 0 Å². The van der Waals surface area contributed by atoms with E-state index >= 15 is 0 Å². The molecule has 10 N–H and O–H groups in total. The molecule has 1 aliphatic carbocycles. The fraction of sp³-hybridized carbons (Fsp3) is 0.714. The van der Waals surface area contributed by atoms with Crippen molar-refractivity contribution >= 4 is 23.9 Å². The number of carbonyl (C=O) groups is 4. The van der Waals surface area contributed by atoms with E-state index in [1.807, 2.05) is 0 Å². The summed E-state index contributed by atoms with van der Waals surface area (Å²) in [5.74, 6) is -3.33. The van der Waals surface area contributed by atoms with Gasteiger partial charge in [0.2, 0.25) is 0 Å². The minimum absolute atomic E-state index is 0. The Hall–Kier alpha value is -2.24. The monoisotopic (exact) mass is 372 g/mol. The number of nitrogens with two attached hydrogens (primary N) is 2. The predicted molar refractivity (Wildman–Crippen MR) is 91.3 cm³/mol. The average Bonchev–Trinajstić information content (AvgIpc) is 2.30. The summed E-state index contributed by atoms with van der Waals surface area (Å²) in [6.45, 7) is 4.33. The van der Waals surface area contributed by atoms with E-state index in [0.717, 1.165) is 40.5 Å². The smallest absolute Gasteiger partial charge is 0.300 e. The molecule has 0 amide bonds. The third kappa shape index (κ3) is 111. The SMILES string of the molecule is CC(=O)O.CC(=O)O.CC(=O)O.CC(=O)O.N[C@@H]1CCCC[C@H]1N.O. The minimum atomic E-state index is -0.833. The van der Waals surface area contributed by atoms with Gasteiger partial charge in [-0.1, -0.05) is 12.8 Å². The second kappa shape index (κ2) is 24.0. The van der Waals surface area contributed by atoms with Crippen molar-refractivity contribution in [2.45, 2.75) is 65.5 Å². The van der Waals surface area contributed by atoms with E-state index < -0.39 is 23.9 Å². The summed E-state index contributed by atoms with van der Waals surface area (Å²) in [5.41, 5.74) is 11.3. The molecule has 25 heavy (non-hydrogen) atoms. The van der Waals surface area contributed by atoms with Crippen LogP contribution in [0.3, 0.4) is 0 Å². The van der Waals surface area contributed by atoms with Gasteiger partial charge in [0, 0.05) is 39.8 Å². The molecule has 0 aromatic carbocycles. The molecule has 0 spiro atoms. The lowest BCUT2D eigenvalue weighted by Gasteiger charge is -2.24. The Kier molecular flexibility index (Phi) is 32.8. The van der Waals surface area contributed by atoms with Crippen LogP contribution in [0.1, 0.15) is 53.4 Å².